The van der Waals surface area contributed by atoms with Gasteiger partial charge < -0.3 is 14.8 Å². The third-order valence-electron chi connectivity index (χ3n) is 9.13. The third-order valence-corrected chi connectivity index (χ3v) is 9.94. The fourth-order valence-corrected chi connectivity index (χ4v) is 7.04. The van der Waals surface area contributed by atoms with Crippen molar-refractivity contribution in [2.24, 2.45) is 5.92 Å². The average molecular weight is 736 g/mol. The Morgan fingerprint density at radius 1 is 0.980 bits per heavy atom. The molecule has 1 saturated carbocycles. The van der Waals surface area contributed by atoms with E-state index in [4.69, 9.17) is 37.7 Å². The first-order chi connectivity index (χ1) is 24.6. The molecule has 264 valence electrons. The number of methoxy groups -OCH3 is 2. The number of nitrogens with zero attached hydrogens (tertiary/aromatic N) is 5. The van der Waals surface area contributed by atoms with Crippen LogP contribution in [0.4, 0.5) is 20.3 Å². The van der Waals surface area contributed by atoms with Gasteiger partial charge in [0, 0.05) is 46.6 Å². The second kappa shape index (κ2) is 15.6. The number of pyridine rings is 2. The van der Waals surface area contributed by atoms with Gasteiger partial charge >= 0.3 is 5.97 Å². The normalized spacial score (nSPS) is 16.0. The van der Waals surface area contributed by atoms with E-state index in [0.717, 1.165) is 31.2 Å². The number of benzene rings is 2. The molecule has 0 spiro atoms. The Bertz CT molecular complexity index is 2090. The van der Waals surface area contributed by atoms with E-state index in [0.29, 0.717) is 57.8 Å². The first-order valence-electron chi connectivity index (χ1n) is 16.2. The third kappa shape index (κ3) is 7.63. The van der Waals surface area contributed by atoms with Crippen molar-refractivity contribution in [1.29, 1.82) is 0 Å². The van der Waals surface area contributed by atoms with Gasteiger partial charge in [-0.1, -0.05) is 59.6 Å². The highest BCUT2D eigenvalue weighted by Gasteiger charge is 2.29. The summed E-state index contributed by atoms with van der Waals surface area (Å²) in [5.74, 6) is -0.423. The Morgan fingerprint density at radius 3 is 2.37 bits per heavy atom. The standard InChI is InChI=1S/C37H34Cl2F2N6O4/c1-47(23-13-10-21(11-14-23)37(49)51-3)18-22-12-15-27(45-36(22)50-2)26-8-4-6-24(30(26)38)25-7-5-9-28(31(25)39)43-34-32-29(16-20(19-48)17-42-32)44-35(46-34)33(40)41/h4-9,12,15-17,19,21,23,33H,10-11,13-14,18H2,1-3H3,(H,43,44,46). The number of hydrogen-bond donors (Lipinski definition) is 1. The molecule has 0 atom stereocenters. The van der Waals surface area contributed by atoms with Crippen LogP contribution in [0.15, 0.2) is 60.8 Å². The van der Waals surface area contributed by atoms with Crippen LogP contribution in [0, 0.1) is 5.92 Å². The van der Waals surface area contributed by atoms with Crippen molar-refractivity contribution in [3.63, 3.8) is 0 Å². The molecular formula is C37H34Cl2F2N6O4. The van der Waals surface area contributed by atoms with Crippen molar-refractivity contribution in [2.45, 2.75) is 44.7 Å². The molecule has 1 N–H and O–H groups in total. The molecule has 1 aliphatic carbocycles. The number of halogens is 4. The molecule has 3 aromatic heterocycles. The molecule has 51 heavy (non-hydrogen) atoms. The highest BCUT2D eigenvalue weighted by molar-refractivity contribution is 6.39. The van der Waals surface area contributed by atoms with E-state index in [1.807, 2.05) is 30.3 Å². The SMILES string of the molecule is COC(=O)C1CCC(N(C)Cc2ccc(-c3cccc(-c4cccc(Nc5nc(C(F)F)nc6cc(C=O)cnc56)c4Cl)c3Cl)nc2OC)CC1. The van der Waals surface area contributed by atoms with E-state index < -0.39 is 12.2 Å². The van der Waals surface area contributed by atoms with Gasteiger partial charge in [0.15, 0.2) is 17.9 Å². The Morgan fingerprint density at radius 2 is 1.69 bits per heavy atom. The number of carbonyl (C=O) groups is 2. The molecule has 0 unspecified atom stereocenters. The molecule has 3 heterocycles. The maximum absolute atomic E-state index is 13.7. The van der Waals surface area contributed by atoms with Crippen LogP contribution in [0.25, 0.3) is 33.4 Å². The molecular weight excluding hydrogens is 701 g/mol. The summed E-state index contributed by atoms with van der Waals surface area (Å²) >= 11 is 14.0. The van der Waals surface area contributed by atoms with Gasteiger partial charge in [0.1, 0.15) is 5.52 Å². The number of anilines is 2. The second-order valence-corrected chi connectivity index (χ2v) is 13.0. The summed E-state index contributed by atoms with van der Waals surface area (Å²) in [7, 11) is 5.08. The molecule has 14 heteroatoms. The minimum Gasteiger partial charge on any atom is -0.481 e. The predicted molar refractivity (Wildman–Crippen MR) is 192 cm³/mol. The fourth-order valence-electron chi connectivity index (χ4n) is 6.44. The minimum absolute atomic E-state index is 0.00236. The zero-order valence-electron chi connectivity index (χ0n) is 28.0. The quantitative estimate of drug-likeness (QED) is 0.104. The molecule has 0 radical (unpaired) electrons. The van der Waals surface area contributed by atoms with Crippen LogP contribution in [0.2, 0.25) is 10.0 Å². The zero-order chi connectivity index (χ0) is 36.2. The lowest BCUT2D eigenvalue weighted by molar-refractivity contribution is -0.146. The lowest BCUT2D eigenvalue weighted by Gasteiger charge is -2.34. The van der Waals surface area contributed by atoms with Crippen LogP contribution in [0.5, 0.6) is 5.88 Å². The summed E-state index contributed by atoms with van der Waals surface area (Å²) in [6, 6.07) is 16.3. The molecule has 1 aliphatic rings. The van der Waals surface area contributed by atoms with Gasteiger partial charge in [0.05, 0.1) is 47.1 Å². The minimum atomic E-state index is -2.96. The van der Waals surface area contributed by atoms with E-state index in [9.17, 15) is 18.4 Å². The van der Waals surface area contributed by atoms with E-state index >= 15 is 0 Å². The molecule has 0 bridgehead atoms. The fraction of sp³-hybridized carbons (Fsp3) is 0.297. The number of fused-ring (bicyclic) bond motifs is 1. The first-order valence-corrected chi connectivity index (χ1v) is 16.9. The van der Waals surface area contributed by atoms with Crippen LogP contribution in [0.1, 0.15) is 53.9 Å². The molecule has 5 aromatic rings. The number of carbonyl (C=O) groups excluding carboxylic acids is 2. The van der Waals surface area contributed by atoms with Crippen molar-refractivity contribution in [3.8, 4) is 28.3 Å². The summed E-state index contributed by atoms with van der Waals surface area (Å²) in [6.07, 6.45) is 2.30. The van der Waals surface area contributed by atoms with Crippen LogP contribution < -0.4 is 10.1 Å². The van der Waals surface area contributed by atoms with Crippen molar-refractivity contribution in [2.75, 3.05) is 26.6 Å². The number of hydrogen-bond acceptors (Lipinski definition) is 10. The monoisotopic (exact) mass is 734 g/mol. The molecule has 1 fully saturated rings. The molecule has 2 aromatic carbocycles. The summed E-state index contributed by atoms with van der Waals surface area (Å²) < 4.78 is 38.1. The van der Waals surface area contributed by atoms with Crippen LogP contribution in [0.3, 0.4) is 0 Å². The number of aromatic nitrogens is 4. The Kier molecular flexibility index (Phi) is 11.0. The van der Waals surface area contributed by atoms with Crippen molar-refractivity contribution >= 4 is 58.0 Å². The van der Waals surface area contributed by atoms with Crippen LogP contribution in [-0.4, -0.2) is 64.4 Å². The average Bonchev–Trinajstić information content (AvgIpc) is 3.15. The number of ether oxygens (including phenoxy) is 2. The largest absolute Gasteiger partial charge is 0.481 e. The van der Waals surface area contributed by atoms with Gasteiger partial charge in [-0.25, -0.2) is 28.7 Å². The van der Waals surface area contributed by atoms with Crippen LogP contribution in [-0.2, 0) is 16.1 Å². The van der Waals surface area contributed by atoms with E-state index in [1.54, 1.807) is 25.3 Å². The van der Waals surface area contributed by atoms with Crippen LogP contribution >= 0.6 is 23.2 Å². The molecule has 6 rings (SSSR count). The Hall–Kier alpha value is -4.78. The maximum Gasteiger partial charge on any atom is 0.308 e. The van der Waals surface area contributed by atoms with Gasteiger partial charge in [-0.2, -0.15) is 0 Å². The summed E-state index contributed by atoms with van der Waals surface area (Å²) in [5, 5.41) is 3.69. The molecule has 0 amide bonds. The highest BCUT2D eigenvalue weighted by Crippen LogP contribution is 2.42. The second-order valence-electron chi connectivity index (χ2n) is 12.3. The Labute approximate surface area is 303 Å². The summed E-state index contributed by atoms with van der Waals surface area (Å²) in [4.78, 5) is 42.4. The highest BCUT2D eigenvalue weighted by atomic mass is 35.5. The summed E-state index contributed by atoms with van der Waals surface area (Å²) in [6.45, 7) is 0.612. The predicted octanol–water partition coefficient (Wildman–Crippen LogP) is 8.73. The van der Waals surface area contributed by atoms with E-state index in [2.05, 4.69) is 32.2 Å². The van der Waals surface area contributed by atoms with Crippen molar-refractivity contribution in [3.05, 3.63) is 87.8 Å². The number of rotatable bonds is 11. The molecule has 0 aliphatic heterocycles. The molecule has 0 saturated heterocycles. The maximum atomic E-state index is 13.7. The number of aldehydes is 1. The molecule has 10 nitrogen and oxygen atoms in total. The van der Waals surface area contributed by atoms with E-state index in [-0.39, 0.29) is 39.3 Å². The lowest BCUT2D eigenvalue weighted by Crippen LogP contribution is -2.36. The van der Waals surface area contributed by atoms with Gasteiger partial charge in [-0.15, -0.1) is 0 Å². The van der Waals surface area contributed by atoms with Gasteiger partial charge in [0.2, 0.25) is 5.88 Å². The zero-order valence-corrected chi connectivity index (χ0v) is 29.5. The first kappa shape index (κ1) is 36.0. The Balaban J connectivity index is 1.26. The van der Waals surface area contributed by atoms with Gasteiger partial charge in [0.25, 0.3) is 6.43 Å². The van der Waals surface area contributed by atoms with Gasteiger partial charge in [-0.3, -0.25) is 14.5 Å². The number of nitrogens with one attached hydrogen (secondary N) is 1. The lowest BCUT2D eigenvalue weighted by atomic mass is 9.85. The number of alkyl halides is 2. The van der Waals surface area contributed by atoms with Crippen molar-refractivity contribution < 1.29 is 27.8 Å². The number of esters is 1. The summed E-state index contributed by atoms with van der Waals surface area (Å²) in [5.41, 5.74) is 4.18. The topological polar surface area (TPSA) is 119 Å². The smallest absolute Gasteiger partial charge is 0.308 e. The van der Waals surface area contributed by atoms with Crippen molar-refractivity contribution in [1.82, 2.24) is 24.8 Å². The van der Waals surface area contributed by atoms with Gasteiger partial charge in [-0.05, 0) is 50.9 Å². The van der Waals surface area contributed by atoms with E-state index in [1.165, 1.54) is 19.4 Å².